The lowest BCUT2D eigenvalue weighted by molar-refractivity contribution is -0.578. The maximum atomic E-state index is 12.0. The molecule has 0 aromatic heterocycles. The molecule has 0 amide bonds. The van der Waals surface area contributed by atoms with Crippen LogP contribution < -0.4 is 0 Å². The van der Waals surface area contributed by atoms with Crippen molar-refractivity contribution in [2.45, 2.75) is 50.5 Å². The van der Waals surface area contributed by atoms with Crippen molar-refractivity contribution in [2.75, 3.05) is 6.61 Å². The molecule has 2 fully saturated rings. The summed E-state index contributed by atoms with van der Waals surface area (Å²) in [5, 5.41) is 12.0. The Bertz CT molecular complexity index is 893. The molecule has 2 aliphatic heterocycles. The van der Waals surface area contributed by atoms with E-state index < -0.39 is 47.8 Å². The highest BCUT2D eigenvalue weighted by atomic mass is 16.8. The standard InChI is InChI=1S/C22H23NO8/c1-14(24)29-20-18(23(25)26)22(27-12-15-8-4-2-5-9-15)30-17-13-28-21(31-19(17)20)16-10-6-3-7-11-16/h2-11,17-22H,12-13H2,1H3/t17-,18-,19-,20-,21?,22-/m1/s1. The van der Waals surface area contributed by atoms with Crippen LogP contribution in [-0.4, -0.2) is 48.1 Å². The van der Waals surface area contributed by atoms with Crippen LogP contribution in [0.2, 0.25) is 0 Å². The lowest BCUT2D eigenvalue weighted by Gasteiger charge is -2.45. The number of esters is 1. The second kappa shape index (κ2) is 9.52. The van der Waals surface area contributed by atoms with Gasteiger partial charge in [0, 0.05) is 17.4 Å². The molecule has 0 N–H and O–H groups in total. The van der Waals surface area contributed by atoms with Gasteiger partial charge >= 0.3 is 12.0 Å². The molecule has 0 saturated carbocycles. The van der Waals surface area contributed by atoms with Gasteiger partial charge in [0.15, 0.2) is 6.29 Å². The number of hydrogen-bond donors (Lipinski definition) is 0. The van der Waals surface area contributed by atoms with Crippen LogP contribution in [0.25, 0.3) is 0 Å². The molecule has 1 unspecified atom stereocenters. The molecule has 2 aromatic rings. The predicted octanol–water partition coefficient (Wildman–Crippen LogP) is 2.62. The summed E-state index contributed by atoms with van der Waals surface area (Å²) in [6.45, 7) is 1.42. The number of hydrogen-bond acceptors (Lipinski definition) is 8. The molecule has 2 aliphatic rings. The highest BCUT2D eigenvalue weighted by Gasteiger charge is 2.58. The zero-order chi connectivity index (χ0) is 21.8. The van der Waals surface area contributed by atoms with Crippen molar-refractivity contribution < 1.29 is 33.4 Å². The molecule has 0 radical (unpaired) electrons. The summed E-state index contributed by atoms with van der Waals surface area (Å²) < 4.78 is 28.8. The van der Waals surface area contributed by atoms with E-state index in [1.54, 1.807) is 0 Å². The molecule has 2 aromatic carbocycles. The van der Waals surface area contributed by atoms with E-state index in [1.165, 1.54) is 6.92 Å². The zero-order valence-corrected chi connectivity index (χ0v) is 16.9. The fourth-order valence-corrected chi connectivity index (χ4v) is 3.78. The molecular weight excluding hydrogens is 406 g/mol. The van der Waals surface area contributed by atoms with E-state index in [2.05, 4.69) is 0 Å². The van der Waals surface area contributed by atoms with E-state index in [0.717, 1.165) is 11.1 Å². The maximum absolute atomic E-state index is 12.0. The molecule has 31 heavy (non-hydrogen) atoms. The molecule has 9 nitrogen and oxygen atoms in total. The SMILES string of the molecule is CC(=O)O[C@H]1[C@@H]2OC(c3ccccc3)OC[C@H]2O[C@@H](OCc2ccccc2)[C@@H]1[N+](=O)[O-]. The molecule has 164 valence electrons. The first-order valence-corrected chi connectivity index (χ1v) is 9.96. The molecule has 0 bridgehead atoms. The van der Waals surface area contributed by atoms with Crippen LogP contribution in [0, 0.1) is 10.1 Å². The molecule has 2 saturated heterocycles. The van der Waals surface area contributed by atoms with Gasteiger partial charge in [0.25, 0.3) is 0 Å². The molecule has 0 spiro atoms. The summed E-state index contributed by atoms with van der Waals surface area (Å²) in [6.07, 6.45) is -4.75. The van der Waals surface area contributed by atoms with Crippen LogP contribution in [0.3, 0.4) is 0 Å². The maximum Gasteiger partial charge on any atom is 0.303 e. The molecule has 6 atom stereocenters. The van der Waals surface area contributed by atoms with Gasteiger partial charge in [0.1, 0.15) is 12.2 Å². The first-order chi connectivity index (χ1) is 15.0. The highest BCUT2D eigenvalue weighted by molar-refractivity contribution is 5.66. The van der Waals surface area contributed by atoms with Crippen LogP contribution in [0.4, 0.5) is 0 Å². The average Bonchev–Trinajstić information content (AvgIpc) is 2.78. The van der Waals surface area contributed by atoms with Crippen LogP contribution in [0.5, 0.6) is 0 Å². The minimum absolute atomic E-state index is 0.106. The number of ether oxygens (including phenoxy) is 5. The second-order valence-corrected chi connectivity index (χ2v) is 7.37. The van der Waals surface area contributed by atoms with Gasteiger partial charge in [-0.3, -0.25) is 14.9 Å². The lowest BCUT2D eigenvalue weighted by atomic mass is 9.95. The minimum Gasteiger partial charge on any atom is -0.452 e. The van der Waals surface area contributed by atoms with Crippen molar-refractivity contribution in [1.29, 1.82) is 0 Å². The number of fused-ring (bicyclic) bond motifs is 1. The second-order valence-electron chi connectivity index (χ2n) is 7.37. The smallest absolute Gasteiger partial charge is 0.303 e. The van der Waals surface area contributed by atoms with Crippen molar-refractivity contribution in [3.05, 3.63) is 81.9 Å². The molecule has 4 rings (SSSR count). The monoisotopic (exact) mass is 429 g/mol. The summed E-state index contributed by atoms with van der Waals surface area (Å²) in [5.74, 6) is -0.648. The fourth-order valence-electron chi connectivity index (χ4n) is 3.78. The van der Waals surface area contributed by atoms with E-state index in [0.29, 0.717) is 0 Å². The van der Waals surface area contributed by atoms with Gasteiger partial charge in [-0.2, -0.15) is 0 Å². The van der Waals surface area contributed by atoms with E-state index >= 15 is 0 Å². The molecule has 9 heteroatoms. The van der Waals surface area contributed by atoms with Crippen molar-refractivity contribution >= 4 is 5.97 Å². The Morgan fingerprint density at radius 1 is 1.10 bits per heavy atom. The Labute approximate surface area is 179 Å². The van der Waals surface area contributed by atoms with Gasteiger partial charge in [-0.25, -0.2) is 0 Å². The minimum atomic E-state index is -1.46. The Hall–Kier alpha value is -2.85. The van der Waals surface area contributed by atoms with Crippen molar-refractivity contribution in [1.82, 2.24) is 0 Å². The number of benzene rings is 2. The molecular formula is C22H23NO8. The lowest BCUT2D eigenvalue weighted by Crippen LogP contribution is -2.65. The van der Waals surface area contributed by atoms with Gasteiger partial charge < -0.3 is 23.7 Å². The van der Waals surface area contributed by atoms with Crippen molar-refractivity contribution in [3.8, 4) is 0 Å². The van der Waals surface area contributed by atoms with E-state index in [9.17, 15) is 14.9 Å². The van der Waals surface area contributed by atoms with Crippen molar-refractivity contribution in [2.24, 2.45) is 0 Å². The Balaban J connectivity index is 1.56. The zero-order valence-electron chi connectivity index (χ0n) is 16.9. The van der Waals surface area contributed by atoms with Gasteiger partial charge in [-0.05, 0) is 5.56 Å². The first-order valence-electron chi connectivity index (χ1n) is 9.96. The normalized spacial score (nSPS) is 30.2. The van der Waals surface area contributed by atoms with Crippen LogP contribution in [-0.2, 0) is 35.1 Å². The van der Waals surface area contributed by atoms with Gasteiger partial charge in [-0.15, -0.1) is 0 Å². The Morgan fingerprint density at radius 2 is 1.77 bits per heavy atom. The topological polar surface area (TPSA) is 106 Å². The van der Waals surface area contributed by atoms with E-state index in [4.69, 9.17) is 23.7 Å². The molecule has 2 heterocycles. The van der Waals surface area contributed by atoms with E-state index in [-0.39, 0.29) is 13.2 Å². The Morgan fingerprint density at radius 3 is 2.42 bits per heavy atom. The third-order valence-corrected chi connectivity index (χ3v) is 5.18. The van der Waals surface area contributed by atoms with Gasteiger partial charge in [0.05, 0.1) is 13.2 Å². The quantitative estimate of drug-likeness (QED) is 0.392. The largest absolute Gasteiger partial charge is 0.452 e. The number of nitro groups is 1. The number of carbonyl (C=O) groups is 1. The summed E-state index contributed by atoms with van der Waals surface area (Å²) in [7, 11) is 0. The Kier molecular flexibility index (Phi) is 6.57. The first kappa shape index (κ1) is 21.4. The van der Waals surface area contributed by atoms with Gasteiger partial charge in [-0.1, -0.05) is 60.7 Å². The van der Waals surface area contributed by atoms with Crippen LogP contribution in [0.15, 0.2) is 60.7 Å². The van der Waals surface area contributed by atoms with Crippen LogP contribution >= 0.6 is 0 Å². The summed E-state index contributed by atoms with van der Waals surface area (Å²) in [4.78, 5) is 23.2. The third kappa shape index (κ3) is 4.91. The third-order valence-electron chi connectivity index (χ3n) is 5.18. The fraction of sp³-hybridized carbons (Fsp3) is 0.409. The van der Waals surface area contributed by atoms with Crippen LogP contribution in [0.1, 0.15) is 24.3 Å². The number of nitrogens with zero attached hydrogens (tertiary/aromatic N) is 1. The van der Waals surface area contributed by atoms with Crippen molar-refractivity contribution in [3.63, 3.8) is 0 Å². The summed E-state index contributed by atoms with van der Waals surface area (Å²) >= 11 is 0. The summed E-state index contributed by atoms with van der Waals surface area (Å²) in [6, 6.07) is 17.0. The highest BCUT2D eigenvalue weighted by Crippen LogP contribution is 2.36. The predicted molar refractivity (Wildman–Crippen MR) is 106 cm³/mol. The van der Waals surface area contributed by atoms with E-state index in [1.807, 2.05) is 60.7 Å². The average molecular weight is 429 g/mol. The number of carbonyl (C=O) groups excluding carboxylic acids is 1. The molecule has 0 aliphatic carbocycles. The van der Waals surface area contributed by atoms with Gasteiger partial charge in [0.2, 0.25) is 12.4 Å². The number of rotatable bonds is 6. The summed E-state index contributed by atoms with van der Waals surface area (Å²) in [5.41, 5.74) is 1.59.